The number of nitrogens with two attached hydrogens (primary N) is 1. The summed E-state index contributed by atoms with van der Waals surface area (Å²) in [5, 5.41) is 0. The van der Waals surface area contributed by atoms with Crippen LogP contribution in [0.1, 0.15) is 52.4 Å². The number of rotatable bonds is 3. The monoisotopic (exact) mass is 199 g/mol. The van der Waals surface area contributed by atoms with Crippen LogP contribution >= 0.6 is 0 Å². The van der Waals surface area contributed by atoms with Crippen molar-refractivity contribution in [2.45, 2.75) is 64.0 Å². The van der Waals surface area contributed by atoms with Crippen molar-refractivity contribution in [2.75, 3.05) is 0 Å². The first-order valence-corrected chi connectivity index (χ1v) is 5.58. The van der Waals surface area contributed by atoms with Crippen LogP contribution in [0.4, 0.5) is 0 Å². The minimum Gasteiger partial charge on any atom is -0.461 e. The largest absolute Gasteiger partial charge is 0.461 e. The average molecular weight is 199 g/mol. The number of esters is 1. The number of carbonyl (C=O) groups excluding carboxylic acids is 1. The molecule has 3 heteroatoms. The molecule has 1 aliphatic rings. The highest BCUT2D eigenvalue weighted by atomic mass is 16.5. The zero-order valence-corrected chi connectivity index (χ0v) is 9.21. The summed E-state index contributed by atoms with van der Waals surface area (Å²) in [7, 11) is 0. The summed E-state index contributed by atoms with van der Waals surface area (Å²) in [6.45, 7) is 3.91. The van der Waals surface area contributed by atoms with Gasteiger partial charge in [0.15, 0.2) is 0 Å². The topological polar surface area (TPSA) is 52.3 Å². The van der Waals surface area contributed by atoms with Gasteiger partial charge < -0.3 is 10.5 Å². The van der Waals surface area contributed by atoms with Crippen molar-refractivity contribution in [3.63, 3.8) is 0 Å². The Morgan fingerprint density at radius 2 is 2.00 bits per heavy atom. The molecule has 0 heterocycles. The van der Waals surface area contributed by atoms with Crippen LogP contribution < -0.4 is 5.73 Å². The third-order valence-corrected chi connectivity index (χ3v) is 3.04. The first-order chi connectivity index (χ1) is 6.58. The Morgan fingerprint density at radius 3 is 2.50 bits per heavy atom. The SMILES string of the molecule is CCC(C)OC(=O)C1(N)CCCCC1. The molecule has 1 unspecified atom stereocenters. The van der Waals surface area contributed by atoms with Crippen LogP contribution in [0, 0.1) is 0 Å². The summed E-state index contributed by atoms with van der Waals surface area (Å²) in [5.41, 5.74) is 5.34. The minimum atomic E-state index is -0.693. The van der Waals surface area contributed by atoms with Crippen molar-refractivity contribution in [1.82, 2.24) is 0 Å². The average Bonchev–Trinajstić information content (AvgIpc) is 2.18. The van der Waals surface area contributed by atoms with Crippen molar-refractivity contribution >= 4 is 5.97 Å². The lowest BCUT2D eigenvalue weighted by molar-refractivity contribution is -0.156. The molecule has 2 N–H and O–H groups in total. The maximum absolute atomic E-state index is 11.7. The molecule has 1 saturated carbocycles. The molecule has 1 rings (SSSR count). The van der Waals surface area contributed by atoms with Gasteiger partial charge in [0.05, 0.1) is 6.10 Å². The van der Waals surface area contributed by atoms with Gasteiger partial charge in [0.2, 0.25) is 0 Å². The normalized spacial score (nSPS) is 22.8. The Morgan fingerprint density at radius 1 is 1.43 bits per heavy atom. The van der Waals surface area contributed by atoms with Crippen LogP contribution in [0.3, 0.4) is 0 Å². The highest BCUT2D eigenvalue weighted by Gasteiger charge is 2.37. The Balaban J connectivity index is 2.49. The number of hydrogen-bond donors (Lipinski definition) is 1. The van der Waals surface area contributed by atoms with Gasteiger partial charge in [-0.05, 0) is 26.2 Å². The molecule has 0 aromatic heterocycles. The van der Waals surface area contributed by atoms with Gasteiger partial charge in [0, 0.05) is 0 Å². The van der Waals surface area contributed by atoms with Crippen molar-refractivity contribution in [3.8, 4) is 0 Å². The molecule has 0 aromatic carbocycles. The van der Waals surface area contributed by atoms with E-state index in [1.54, 1.807) is 0 Å². The first-order valence-electron chi connectivity index (χ1n) is 5.58. The lowest BCUT2D eigenvalue weighted by atomic mass is 9.83. The molecule has 82 valence electrons. The second kappa shape index (κ2) is 4.78. The van der Waals surface area contributed by atoms with Crippen LogP contribution in [-0.2, 0) is 9.53 Å². The van der Waals surface area contributed by atoms with Crippen LogP contribution in [-0.4, -0.2) is 17.6 Å². The van der Waals surface area contributed by atoms with Gasteiger partial charge in [-0.3, -0.25) is 4.79 Å². The third-order valence-electron chi connectivity index (χ3n) is 3.04. The summed E-state index contributed by atoms with van der Waals surface area (Å²) >= 11 is 0. The van der Waals surface area contributed by atoms with Gasteiger partial charge in [-0.1, -0.05) is 26.2 Å². The molecule has 0 aliphatic heterocycles. The second-order valence-corrected chi connectivity index (χ2v) is 4.34. The van der Waals surface area contributed by atoms with E-state index >= 15 is 0 Å². The summed E-state index contributed by atoms with van der Waals surface area (Å²) in [6.07, 6.45) is 5.69. The Hall–Kier alpha value is -0.570. The predicted octanol–water partition coefficient (Wildman–Crippen LogP) is 1.99. The number of ether oxygens (including phenoxy) is 1. The van der Waals surface area contributed by atoms with Gasteiger partial charge in [0.1, 0.15) is 5.54 Å². The van der Waals surface area contributed by atoms with E-state index in [4.69, 9.17) is 10.5 Å². The molecule has 0 amide bonds. The van der Waals surface area contributed by atoms with E-state index in [0.717, 1.165) is 32.1 Å². The lowest BCUT2D eigenvalue weighted by Crippen LogP contribution is -2.51. The quantitative estimate of drug-likeness (QED) is 0.707. The smallest absolute Gasteiger partial charge is 0.326 e. The fourth-order valence-corrected chi connectivity index (χ4v) is 1.77. The highest BCUT2D eigenvalue weighted by molar-refractivity contribution is 5.80. The molecule has 1 atom stereocenters. The number of carbonyl (C=O) groups is 1. The lowest BCUT2D eigenvalue weighted by Gasteiger charge is -2.31. The van der Waals surface area contributed by atoms with Crippen molar-refractivity contribution in [1.29, 1.82) is 0 Å². The molecule has 0 spiro atoms. The van der Waals surface area contributed by atoms with Gasteiger partial charge in [-0.2, -0.15) is 0 Å². The molecule has 14 heavy (non-hydrogen) atoms. The van der Waals surface area contributed by atoms with E-state index in [-0.39, 0.29) is 12.1 Å². The van der Waals surface area contributed by atoms with E-state index in [1.807, 2.05) is 13.8 Å². The molecule has 3 nitrogen and oxygen atoms in total. The molecular weight excluding hydrogens is 178 g/mol. The number of hydrogen-bond acceptors (Lipinski definition) is 3. The van der Waals surface area contributed by atoms with Crippen molar-refractivity contribution in [2.24, 2.45) is 5.73 Å². The second-order valence-electron chi connectivity index (χ2n) is 4.34. The Bertz CT molecular complexity index is 197. The van der Waals surface area contributed by atoms with Crippen molar-refractivity contribution in [3.05, 3.63) is 0 Å². The van der Waals surface area contributed by atoms with Gasteiger partial charge in [0.25, 0.3) is 0 Å². The molecule has 0 aromatic rings. The van der Waals surface area contributed by atoms with Crippen LogP contribution in [0.5, 0.6) is 0 Å². The standard InChI is InChI=1S/C11H21NO2/c1-3-9(2)14-10(13)11(12)7-5-4-6-8-11/h9H,3-8,12H2,1-2H3. The van der Waals surface area contributed by atoms with Crippen molar-refractivity contribution < 1.29 is 9.53 Å². The molecule has 0 bridgehead atoms. The van der Waals surface area contributed by atoms with E-state index in [1.165, 1.54) is 6.42 Å². The fraction of sp³-hybridized carbons (Fsp3) is 0.909. The summed E-state index contributed by atoms with van der Waals surface area (Å²) in [4.78, 5) is 11.7. The predicted molar refractivity (Wildman–Crippen MR) is 55.8 cm³/mol. The van der Waals surface area contributed by atoms with Crippen LogP contribution in [0.25, 0.3) is 0 Å². The van der Waals surface area contributed by atoms with Crippen LogP contribution in [0.15, 0.2) is 0 Å². The maximum Gasteiger partial charge on any atom is 0.326 e. The van der Waals surface area contributed by atoms with Crippen LogP contribution in [0.2, 0.25) is 0 Å². The van der Waals surface area contributed by atoms with E-state index < -0.39 is 5.54 Å². The summed E-state index contributed by atoms with van der Waals surface area (Å²) < 4.78 is 5.28. The summed E-state index contributed by atoms with van der Waals surface area (Å²) in [5.74, 6) is -0.202. The minimum absolute atomic E-state index is 0.00940. The Kier molecular flexibility index (Phi) is 3.93. The molecular formula is C11H21NO2. The van der Waals surface area contributed by atoms with Gasteiger partial charge in [-0.15, -0.1) is 0 Å². The molecule has 0 saturated heterocycles. The van der Waals surface area contributed by atoms with E-state index in [2.05, 4.69) is 0 Å². The zero-order valence-electron chi connectivity index (χ0n) is 9.21. The Labute approximate surface area is 86.0 Å². The highest BCUT2D eigenvalue weighted by Crippen LogP contribution is 2.27. The van der Waals surface area contributed by atoms with E-state index in [9.17, 15) is 4.79 Å². The molecule has 1 fully saturated rings. The molecule has 1 aliphatic carbocycles. The first kappa shape index (κ1) is 11.5. The van der Waals surface area contributed by atoms with E-state index in [0.29, 0.717) is 0 Å². The maximum atomic E-state index is 11.7. The van der Waals surface area contributed by atoms with Gasteiger partial charge in [-0.25, -0.2) is 0 Å². The third kappa shape index (κ3) is 2.71. The zero-order chi connectivity index (χ0) is 10.6. The molecule has 0 radical (unpaired) electrons. The summed E-state index contributed by atoms with van der Waals surface area (Å²) in [6, 6.07) is 0. The fourth-order valence-electron chi connectivity index (χ4n) is 1.77. The van der Waals surface area contributed by atoms with Gasteiger partial charge >= 0.3 is 5.97 Å².